The predicted octanol–water partition coefficient (Wildman–Crippen LogP) is 1.09. The highest BCUT2D eigenvalue weighted by atomic mass is 16.4. The molecule has 0 aliphatic carbocycles. The van der Waals surface area contributed by atoms with Crippen LogP contribution in [-0.4, -0.2) is 37.4 Å². The lowest BCUT2D eigenvalue weighted by Gasteiger charge is -2.13. The van der Waals surface area contributed by atoms with E-state index < -0.39 is 23.8 Å². The third kappa shape index (κ3) is 3.26. The van der Waals surface area contributed by atoms with Gasteiger partial charge in [-0.15, -0.1) is 0 Å². The van der Waals surface area contributed by atoms with Gasteiger partial charge in [-0.2, -0.15) is 5.10 Å². The Kier molecular flexibility index (Phi) is 4.02. The number of carbonyl (C=O) groups excluding carboxylic acids is 1. The van der Waals surface area contributed by atoms with E-state index >= 15 is 0 Å². The molecule has 0 aliphatic rings. The molecular weight excluding hydrogens is 278 g/mol. The van der Waals surface area contributed by atoms with Gasteiger partial charge in [0.05, 0.1) is 11.7 Å². The van der Waals surface area contributed by atoms with Gasteiger partial charge in [0, 0.05) is 0 Å². The molecule has 9 nitrogen and oxygen atoms in total. The van der Waals surface area contributed by atoms with Gasteiger partial charge in [0.25, 0.3) is 0 Å². The molecule has 21 heavy (non-hydrogen) atoms. The van der Waals surface area contributed by atoms with E-state index in [4.69, 9.17) is 5.11 Å². The first-order chi connectivity index (χ1) is 9.99. The van der Waals surface area contributed by atoms with Crippen molar-refractivity contribution < 1.29 is 19.8 Å². The Morgan fingerprint density at radius 2 is 2.14 bits per heavy atom. The Morgan fingerprint density at radius 3 is 2.76 bits per heavy atom. The smallest absolute Gasteiger partial charge is 0.339 e. The van der Waals surface area contributed by atoms with Crippen LogP contribution in [0, 0.1) is 0 Å². The first kappa shape index (κ1) is 14.3. The van der Waals surface area contributed by atoms with Gasteiger partial charge in [0.15, 0.2) is 5.75 Å². The van der Waals surface area contributed by atoms with Crippen LogP contribution >= 0.6 is 0 Å². The zero-order valence-corrected chi connectivity index (χ0v) is 11.0. The van der Waals surface area contributed by atoms with Crippen molar-refractivity contribution in [3.63, 3.8) is 0 Å². The number of nitrogens with zero attached hydrogens (tertiary/aromatic N) is 2. The molecular formula is C12H13N5O4. The number of hydrogen-bond donors (Lipinski definition) is 5. The molecule has 9 heteroatoms. The molecule has 0 fully saturated rings. The lowest BCUT2D eigenvalue weighted by molar-refractivity contribution is 0.0693. The van der Waals surface area contributed by atoms with E-state index in [1.165, 1.54) is 24.5 Å². The number of anilines is 1. The topological polar surface area (TPSA) is 140 Å². The minimum Gasteiger partial charge on any atom is -0.505 e. The van der Waals surface area contributed by atoms with Crippen LogP contribution in [0.5, 0.6) is 5.75 Å². The fourth-order valence-electron chi connectivity index (χ4n) is 1.66. The van der Waals surface area contributed by atoms with E-state index in [1.54, 1.807) is 6.92 Å². The van der Waals surface area contributed by atoms with Gasteiger partial charge in [0.2, 0.25) is 0 Å². The Hall–Kier alpha value is -3.10. The third-order valence-corrected chi connectivity index (χ3v) is 2.71. The maximum absolute atomic E-state index is 11.8. The molecule has 0 saturated heterocycles. The van der Waals surface area contributed by atoms with Crippen molar-refractivity contribution in [2.24, 2.45) is 0 Å². The average Bonchev–Trinajstić information content (AvgIpc) is 2.94. The Morgan fingerprint density at radius 1 is 1.38 bits per heavy atom. The number of benzene rings is 1. The van der Waals surface area contributed by atoms with Gasteiger partial charge < -0.3 is 20.8 Å². The van der Waals surface area contributed by atoms with Gasteiger partial charge in [-0.1, -0.05) is 6.07 Å². The number of aromatic hydroxyl groups is 1. The molecule has 0 saturated carbocycles. The fraction of sp³-hybridized carbons (Fsp3) is 0.167. The van der Waals surface area contributed by atoms with Crippen molar-refractivity contribution in [2.45, 2.75) is 13.0 Å². The molecule has 110 valence electrons. The maximum atomic E-state index is 11.8. The SMILES string of the molecule is CC(NC(=O)Nc1cccc(C(=O)O)c1O)c1ncn[nH]1. The highest BCUT2D eigenvalue weighted by molar-refractivity contribution is 5.97. The van der Waals surface area contributed by atoms with Crippen LogP contribution in [0.4, 0.5) is 10.5 Å². The van der Waals surface area contributed by atoms with Crippen LogP contribution in [0.1, 0.15) is 29.1 Å². The number of H-pyrrole nitrogens is 1. The number of nitrogens with one attached hydrogen (secondary N) is 3. The monoisotopic (exact) mass is 291 g/mol. The second-order valence-electron chi connectivity index (χ2n) is 4.20. The summed E-state index contributed by atoms with van der Waals surface area (Å²) >= 11 is 0. The number of urea groups is 1. The number of carbonyl (C=O) groups is 2. The van der Waals surface area contributed by atoms with Crippen molar-refractivity contribution >= 4 is 17.7 Å². The van der Waals surface area contributed by atoms with Crippen molar-refractivity contribution in [3.8, 4) is 5.75 Å². The number of carboxylic acid groups (broad SMARTS) is 1. The largest absolute Gasteiger partial charge is 0.505 e. The summed E-state index contributed by atoms with van der Waals surface area (Å²) in [5, 5.41) is 29.9. The molecule has 1 aromatic heterocycles. The Bertz CT molecular complexity index is 656. The first-order valence-corrected chi connectivity index (χ1v) is 5.97. The minimum atomic E-state index is -1.29. The van der Waals surface area contributed by atoms with Crippen molar-refractivity contribution in [1.82, 2.24) is 20.5 Å². The van der Waals surface area contributed by atoms with Crippen molar-refractivity contribution in [3.05, 3.63) is 35.9 Å². The third-order valence-electron chi connectivity index (χ3n) is 2.71. The second-order valence-corrected chi connectivity index (χ2v) is 4.20. The number of para-hydroxylation sites is 1. The van der Waals surface area contributed by atoms with Crippen LogP contribution in [0.15, 0.2) is 24.5 Å². The second kappa shape index (κ2) is 5.90. The molecule has 2 amide bonds. The summed E-state index contributed by atoms with van der Waals surface area (Å²) in [6.07, 6.45) is 1.31. The Balaban J connectivity index is 2.06. The number of aromatic carboxylic acids is 1. The van der Waals surface area contributed by atoms with Gasteiger partial charge in [-0.05, 0) is 19.1 Å². The molecule has 5 N–H and O–H groups in total. The predicted molar refractivity (Wildman–Crippen MR) is 72.0 cm³/mol. The lowest BCUT2D eigenvalue weighted by atomic mass is 10.1. The zero-order chi connectivity index (χ0) is 15.4. The number of aromatic amines is 1. The summed E-state index contributed by atoms with van der Waals surface area (Å²) in [5.74, 6) is -1.33. The highest BCUT2D eigenvalue weighted by Gasteiger charge is 2.16. The number of phenols is 1. The summed E-state index contributed by atoms with van der Waals surface area (Å²) in [7, 11) is 0. The molecule has 2 rings (SSSR count). The van der Waals surface area contributed by atoms with E-state index in [9.17, 15) is 14.7 Å². The molecule has 2 aromatic rings. The van der Waals surface area contributed by atoms with E-state index in [0.717, 1.165) is 0 Å². The molecule has 1 unspecified atom stereocenters. The molecule has 1 aromatic carbocycles. The number of hydrogen-bond acceptors (Lipinski definition) is 5. The molecule has 0 bridgehead atoms. The first-order valence-electron chi connectivity index (χ1n) is 5.97. The van der Waals surface area contributed by atoms with Crippen molar-refractivity contribution in [2.75, 3.05) is 5.32 Å². The number of amides is 2. The summed E-state index contributed by atoms with van der Waals surface area (Å²) in [5.41, 5.74) is -0.298. The van der Waals surface area contributed by atoms with Gasteiger partial charge >= 0.3 is 12.0 Å². The van der Waals surface area contributed by atoms with Crippen LogP contribution < -0.4 is 10.6 Å². The van der Waals surface area contributed by atoms with E-state index in [-0.39, 0.29) is 11.3 Å². The van der Waals surface area contributed by atoms with Crippen LogP contribution in [-0.2, 0) is 0 Å². The summed E-state index contributed by atoms with van der Waals surface area (Å²) < 4.78 is 0. The molecule has 1 heterocycles. The van der Waals surface area contributed by atoms with Crippen LogP contribution in [0.25, 0.3) is 0 Å². The normalized spacial score (nSPS) is 11.7. The number of aromatic nitrogens is 3. The standard InChI is InChI=1S/C12H13N5O4/c1-6(10-13-5-14-17-10)15-12(21)16-8-4-2-3-7(9(8)18)11(19)20/h2-6,18H,1H3,(H,19,20)(H,13,14,17)(H2,15,16,21). The molecule has 0 spiro atoms. The average molecular weight is 291 g/mol. The quantitative estimate of drug-likeness (QED) is 0.534. The summed E-state index contributed by atoms with van der Waals surface area (Å²) in [6, 6.07) is 2.99. The van der Waals surface area contributed by atoms with Crippen LogP contribution in [0.2, 0.25) is 0 Å². The summed E-state index contributed by atoms with van der Waals surface area (Å²) in [4.78, 5) is 26.6. The fourth-order valence-corrected chi connectivity index (χ4v) is 1.66. The zero-order valence-electron chi connectivity index (χ0n) is 11.0. The Labute approximate surface area is 119 Å². The highest BCUT2D eigenvalue weighted by Crippen LogP contribution is 2.27. The minimum absolute atomic E-state index is 0.00262. The van der Waals surface area contributed by atoms with Crippen LogP contribution in [0.3, 0.4) is 0 Å². The van der Waals surface area contributed by atoms with E-state index in [0.29, 0.717) is 5.82 Å². The number of rotatable bonds is 4. The maximum Gasteiger partial charge on any atom is 0.339 e. The van der Waals surface area contributed by atoms with E-state index in [2.05, 4.69) is 25.8 Å². The molecule has 0 aliphatic heterocycles. The summed E-state index contributed by atoms with van der Waals surface area (Å²) in [6.45, 7) is 1.69. The lowest BCUT2D eigenvalue weighted by Crippen LogP contribution is -2.31. The van der Waals surface area contributed by atoms with Gasteiger partial charge in [0.1, 0.15) is 17.7 Å². The van der Waals surface area contributed by atoms with Crippen molar-refractivity contribution in [1.29, 1.82) is 0 Å². The van der Waals surface area contributed by atoms with E-state index in [1.807, 2.05) is 0 Å². The molecule has 0 radical (unpaired) electrons. The van der Waals surface area contributed by atoms with Gasteiger partial charge in [-0.25, -0.2) is 14.6 Å². The molecule has 1 atom stereocenters. The number of carboxylic acids is 1. The van der Waals surface area contributed by atoms with Gasteiger partial charge in [-0.3, -0.25) is 5.10 Å².